The molecule has 0 atom stereocenters. The van der Waals surface area contributed by atoms with E-state index in [1.807, 2.05) is 37.3 Å². The first-order valence-electron chi connectivity index (χ1n) is 4.81. The van der Waals surface area contributed by atoms with Crippen LogP contribution in [0.4, 0.5) is 11.5 Å². The van der Waals surface area contributed by atoms with Gasteiger partial charge in [-0.2, -0.15) is 0 Å². The van der Waals surface area contributed by atoms with Gasteiger partial charge in [-0.05, 0) is 25.1 Å². The summed E-state index contributed by atoms with van der Waals surface area (Å²) < 4.78 is 0. The Hall–Kier alpha value is -1.29. The van der Waals surface area contributed by atoms with Crippen LogP contribution >= 0.6 is 0 Å². The zero-order valence-electron chi connectivity index (χ0n) is 8.83. The molecule has 0 aliphatic carbocycles. The molecule has 14 heavy (non-hydrogen) atoms. The third kappa shape index (κ3) is 3.22. The average Bonchev–Trinajstić information content (AvgIpc) is 2.19. The SMILES string of the molecule is CN(C)c1ccc(NCCCN)cn1. The molecule has 0 amide bonds. The molecule has 0 bridgehead atoms. The molecular formula is C10H18N4. The molecule has 4 nitrogen and oxygen atoms in total. The standard InChI is InChI=1S/C10H18N4/c1-14(2)10-5-4-9(8-13-10)12-7-3-6-11/h4-5,8,12H,3,6-7,11H2,1-2H3. The first kappa shape index (κ1) is 10.8. The minimum atomic E-state index is 0.718. The van der Waals surface area contributed by atoms with Gasteiger partial charge in [-0.1, -0.05) is 0 Å². The Balaban J connectivity index is 2.47. The number of pyridine rings is 1. The summed E-state index contributed by atoms with van der Waals surface area (Å²) in [6, 6.07) is 4.02. The van der Waals surface area contributed by atoms with Gasteiger partial charge in [-0.15, -0.1) is 0 Å². The highest BCUT2D eigenvalue weighted by Gasteiger charge is 1.96. The predicted molar refractivity (Wildman–Crippen MR) is 60.7 cm³/mol. The summed E-state index contributed by atoms with van der Waals surface area (Å²) in [6.07, 6.45) is 2.82. The molecule has 0 unspecified atom stereocenters. The van der Waals surface area contributed by atoms with Gasteiger partial charge < -0.3 is 16.0 Å². The summed E-state index contributed by atoms with van der Waals surface area (Å²) in [7, 11) is 3.95. The van der Waals surface area contributed by atoms with Gasteiger partial charge in [0.05, 0.1) is 11.9 Å². The lowest BCUT2D eigenvalue weighted by molar-refractivity contribution is 0.873. The summed E-state index contributed by atoms with van der Waals surface area (Å²) in [5, 5.41) is 3.25. The Morgan fingerprint density at radius 3 is 2.71 bits per heavy atom. The van der Waals surface area contributed by atoms with E-state index in [1.165, 1.54) is 0 Å². The second-order valence-electron chi connectivity index (χ2n) is 3.37. The van der Waals surface area contributed by atoms with Gasteiger partial charge in [-0.25, -0.2) is 4.98 Å². The number of hydrogen-bond acceptors (Lipinski definition) is 4. The topological polar surface area (TPSA) is 54.2 Å². The molecule has 0 aromatic carbocycles. The number of aromatic nitrogens is 1. The van der Waals surface area contributed by atoms with Gasteiger partial charge >= 0.3 is 0 Å². The maximum Gasteiger partial charge on any atom is 0.128 e. The van der Waals surface area contributed by atoms with Crippen LogP contribution in [0.15, 0.2) is 18.3 Å². The quantitative estimate of drug-likeness (QED) is 0.684. The third-order valence-corrected chi connectivity index (χ3v) is 1.92. The number of nitrogens with zero attached hydrogens (tertiary/aromatic N) is 2. The lowest BCUT2D eigenvalue weighted by Gasteiger charge is -2.11. The minimum absolute atomic E-state index is 0.718. The fraction of sp³-hybridized carbons (Fsp3) is 0.500. The average molecular weight is 194 g/mol. The summed E-state index contributed by atoms with van der Waals surface area (Å²) >= 11 is 0. The zero-order valence-corrected chi connectivity index (χ0v) is 8.83. The van der Waals surface area contributed by atoms with Gasteiger partial charge in [0.1, 0.15) is 5.82 Å². The molecule has 1 rings (SSSR count). The predicted octanol–water partition coefficient (Wildman–Crippen LogP) is 0.908. The van der Waals surface area contributed by atoms with Crippen LogP contribution in [-0.4, -0.2) is 32.2 Å². The highest BCUT2D eigenvalue weighted by molar-refractivity contribution is 5.47. The van der Waals surface area contributed by atoms with E-state index in [4.69, 9.17) is 5.73 Å². The maximum atomic E-state index is 5.39. The number of rotatable bonds is 5. The molecule has 78 valence electrons. The van der Waals surface area contributed by atoms with Crippen molar-refractivity contribution >= 4 is 11.5 Å². The van der Waals surface area contributed by atoms with E-state index in [-0.39, 0.29) is 0 Å². The van der Waals surface area contributed by atoms with Crippen LogP contribution < -0.4 is 16.0 Å². The first-order chi connectivity index (χ1) is 6.74. The lowest BCUT2D eigenvalue weighted by Crippen LogP contribution is -2.11. The monoisotopic (exact) mass is 194 g/mol. The van der Waals surface area contributed by atoms with Crippen LogP contribution in [-0.2, 0) is 0 Å². The molecule has 1 aromatic heterocycles. The highest BCUT2D eigenvalue weighted by Crippen LogP contribution is 2.11. The van der Waals surface area contributed by atoms with E-state index in [1.54, 1.807) is 0 Å². The van der Waals surface area contributed by atoms with Crippen LogP contribution in [0, 0.1) is 0 Å². The van der Waals surface area contributed by atoms with Crippen LogP contribution in [0.1, 0.15) is 6.42 Å². The van der Waals surface area contributed by atoms with Gasteiger partial charge in [0.2, 0.25) is 0 Å². The third-order valence-electron chi connectivity index (χ3n) is 1.92. The molecule has 3 N–H and O–H groups in total. The van der Waals surface area contributed by atoms with Crippen LogP contribution in [0.3, 0.4) is 0 Å². The van der Waals surface area contributed by atoms with Crippen molar-refractivity contribution in [1.29, 1.82) is 0 Å². The van der Waals surface area contributed by atoms with E-state index in [0.717, 1.165) is 31.0 Å². The van der Waals surface area contributed by atoms with Crippen molar-refractivity contribution in [2.24, 2.45) is 5.73 Å². The molecule has 4 heteroatoms. The second-order valence-corrected chi connectivity index (χ2v) is 3.37. The number of anilines is 2. The highest BCUT2D eigenvalue weighted by atomic mass is 15.1. The summed E-state index contributed by atoms with van der Waals surface area (Å²) in [4.78, 5) is 6.26. The van der Waals surface area contributed by atoms with Gasteiger partial charge in [-0.3, -0.25) is 0 Å². The number of nitrogens with two attached hydrogens (primary N) is 1. The van der Waals surface area contributed by atoms with Crippen LogP contribution in [0.5, 0.6) is 0 Å². The Morgan fingerprint density at radius 2 is 2.21 bits per heavy atom. The van der Waals surface area contributed by atoms with E-state index in [2.05, 4.69) is 10.3 Å². The largest absolute Gasteiger partial charge is 0.384 e. The van der Waals surface area contributed by atoms with Gasteiger partial charge in [0.15, 0.2) is 0 Å². The van der Waals surface area contributed by atoms with E-state index in [0.29, 0.717) is 0 Å². The second kappa shape index (κ2) is 5.44. The number of hydrogen-bond donors (Lipinski definition) is 2. The van der Waals surface area contributed by atoms with Gasteiger partial charge in [0, 0.05) is 20.6 Å². The summed E-state index contributed by atoms with van der Waals surface area (Å²) in [5.74, 6) is 0.967. The normalized spacial score (nSPS) is 9.93. The van der Waals surface area contributed by atoms with Crippen molar-refractivity contribution in [2.75, 3.05) is 37.4 Å². The molecule has 1 heterocycles. The van der Waals surface area contributed by atoms with Crippen molar-refractivity contribution < 1.29 is 0 Å². The van der Waals surface area contributed by atoms with Gasteiger partial charge in [0.25, 0.3) is 0 Å². The molecule has 0 saturated carbocycles. The van der Waals surface area contributed by atoms with Crippen molar-refractivity contribution in [1.82, 2.24) is 4.98 Å². The van der Waals surface area contributed by atoms with Crippen LogP contribution in [0.2, 0.25) is 0 Å². The van der Waals surface area contributed by atoms with Crippen molar-refractivity contribution in [3.8, 4) is 0 Å². The molecule has 0 aliphatic rings. The molecule has 1 aromatic rings. The summed E-state index contributed by atoms with van der Waals surface area (Å²) in [6.45, 7) is 1.62. The first-order valence-corrected chi connectivity index (χ1v) is 4.81. The maximum absolute atomic E-state index is 5.39. The number of nitrogens with one attached hydrogen (secondary N) is 1. The Labute approximate surface area is 85.1 Å². The zero-order chi connectivity index (χ0) is 10.4. The van der Waals surface area contributed by atoms with Crippen molar-refractivity contribution in [3.63, 3.8) is 0 Å². The Bertz CT molecular complexity index is 255. The Kier molecular flexibility index (Phi) is 4.19. The molecule has 0 spiro atoms. The van der Waals surface area contributed by atoms with E-state index < -0.39 is 0 Å². The van der Waals surface area contributed by atoms with E-state index >= 15 is 0 Å². The van der Waals surface area contributed by atoms with Crippen molar-refractivity contribution in [3.05, 3.63) is 18.3 Å². The molecular weight excluding hydrogens is 176 g/mol. The molecule has 0 aliphatic heterocycles. The fourth-order valence-corrected chi connectivity index (χ4v) is 1.09. The molecule has 0 fully saturated rings. The van der Waals surface area contributed by atoms with Crippen LogP contribution in [0.25, 0.3) is 0 Å². The van der Waals surface area contributed by atoms with E-state index in [9.17, 15) is 0 Å². The fourth-order valence-electron chi connectivity index (χ4n) is 1.09. The minimum Gasteiger partial charge on any atom is -0.384 e. The summed E-state index contributed by atoms with van der Waals surface area (Å²) in [5.41, 5.74) is 6.44. The molecule has 0 radical (unpaired) electrons. The lowest BCUT2D eigenvalue weighted by atomic mass is 10.3. The Morgan fingerprint density at radius 1 is 1.43 bits per heavy atom. The van der Waals surface area contributed by atoms with Crippen molar-refractivity contribution in [2.45, 2.75) is 6.42 Å². The molecule has 0 saturated heterocycles. The smallest absolute Gasteiger partial charge is 0.128 e.